The lowest BCUT2D eigenvalue weighted by atomic mass is 9.83. The zero-order chi connectivity index (χ0) is 13.9. The first-order chi connectivity index (χ1) is 8.31. The van der Waals surface area contributed by atoms with E-state index in [0.717, 1.165) is 18.5 Å². The van der Waals surface area contributed by atoms with Crippen LogP contribution in [0.25, 0.3) is 0 Å². The fraction of sp³-hybridized carbons (Fsp3) is 1.00. The van der Waals surface area contributed by atoms with Crippen molar-refractivity contribution in [3.05, 3.63) is 0 Å². The Morgan fingerprint density at radius 1 is 1.17 bits per heavy atom. The first-order valence-electron chi connectivity index (χ1n) is 7.80. The van der Waals surface area contributed by atoms with Gasteiger partial charge >= 0.3 is 0 Å². The number of nitrogens with one attached hydrogen (secondary N) is 1. The van der Waals surface area contributed by atoms with E-state index in [1.54, 1.807) is 0 Å². The van der Waals surface area contributed by atoms with Crippen molar-refractivity contribution in [2.75, 3.05) is 13.1 Å². The van der Waals surface area contributed by atoms with Crippen molar-refractivity contribution in [2.24, 2.45) is 11.3 Å². The van der Waals surface area contributed by atoms with E-state index in [2.05, 4.69) is 58.7 Å². The molecule has 0 bridgehead atoms. The Kier molecular flexibility index (Phi) is 5.67. The summed E-state index contributed by atoms with van der Waals surface area (Å²) in [6.45, 7) is 18.8. The lowest BCUT2D eigenvalue weighted by Gasteiger charge is -2.49. The average molecular weight is 254 g/mol. The summed E-state index contributed by atoms with van der Waals surface area (Å²) < 4.78 is 0. The fourth-order valence-corrected chi connectivity index (χ4v) is 3.17. The second kappa shape index (κ2) is 6.38. The highest BCUT2D eigenvalue weighted by Crippen LogP contribution is 2.28. The van der Waals surface area contributed by atoms with Crippen LogP contribution >= 0.6 is 0 Å². The van der Waals surface area contributed by atoms with E-state index in [1.807, 2.05) is 0 Å². The molecule has 1 heterocycles. The molecule has 0 saturated carbocycles. The van der Waals surface area contributed by atoms with Gasteiger partial charge in [0, 0.05) is 31.2 Å². The molecular weight excluding hydrogens is 220 g/mol. The van der Waals surface area contributed by atoms with Crippen molar-refractivity contribution in [1.82, 2.24) is 10.2 Å². The highest BCUT2D eigenvalue weighted by molar-refractivity contribution is 4.94. The summed E-state index contributed by atoms with van der Waals surface area (Å²) >= 11 is 0. The third-order valence-corrected chi connectivity index (χ3v) is 4.62. The molecule has 1 rings (SSSR count). The molecule has 0 amide bonds. The van der Waals surface area contributed by atoms with E-state index in [0.29, 0.717) is 17.5 Å². The van der Waals surface area contributed by atoms with Gasteiger partial charge in [-0.25, -0.2) is 0 Å². The lowest BCUT2D eigenvalue weighted by molar-refractivity contribution is 0.0262. The van der Waals surface area contributed by atoms with E-state index < -0.39 is 0 Å². The molecular formula is C16H34N2. The van der Waals surface area contributed by atoms with E-state index in [4.69, 9.17) is 0 Å². The highest BCUT2D eigenvalue weighted by Gasteiger charge is 2.37. The number of hydrogen-bond donors (Lipinski definition) is 1. The van der Waals surface area contributed by atoms with Crippen LogP contribution in [0.4, 0.5) is 0 Å². The Labute approximate surface area is 115 Å². The van der Waals surface area contributed by atoms with Gasteiger partial charge in [0.1, 0.15) is 0 Å². The van der Waals surface area contributed by atoms with Crippen molar-refractivity contribution in [2.45, 2.75) is 79.4 Å². The van der Waals surface area contributed by atoms with Crippen molar-refractivity contribution in [3.8, 4) is 0 Å². The van der Waals surface area contributed by atoms with Gasteiger partial charge in [0.2, 0.25) is 0 Å². The standard InChI is InChI=1S/C16H34N2/c1-8-13(9-2)18-11-15(16(5,6)7)17-10-14(18)12(3)4/h12-15,17H,8-11H2,1-7H3. The normalized spacial score (nSPS) is 27.2. The molecule has 1 saturated heterocycles. The van der Waals surface area contributed by atoms with Gasteiger partial charge in [0.15, 0.2) is 0 Å². The Bertz CT molecular complexity index is 238. The minimum absolute atomic E-state index is 0.353. The molecule has 0 aromatic carbocycles. The molecule has 18 heavy (non-hydrogen) atoms. The minimum Gasteiger partial charge on any atom is -0.311 e. The van der Waals surface area contributed by atoms with Gasteiger partial charge in [0.25, 0.3) is 0 Å². The van der Waals surface area contributed by atoms with Crippen LogP contribution in [0.15, 0.2) is 0 Å². The largest absolute Gasteiger partial charge is 0.311 e. The van der Waals surface area contributed by atoms with Crippen LogP contribution in [-0.2, 0) is 0 Å². The molecule has 0 aromatic heterocycles. The maximum absolute atomic E-state index is 3.78. The first kappa shape index (κ1) is 16.0. The van der Waals surface area contributed by atoms with Crippen molar-refractivity contribution >= 4 is 0 Å². The molecule has 2 atom stereocenters. The van der Waals surface area contributed by atoms with Crippen molar-refractivity contribution in [1.29, 1.82) is 0 Å². The zero-order valence-electron chi connectivity index (χ0n) is 13.6. The van der Waals surface area contributed by atoms with Gasteiger partial charge in [-0.05, 0) is 24.2 Å². The van der Waals surface area contributed by atoms with Gasteiger partial charge in [-0.2, -0.15) is 0 Å². The van der Waals surface area contributed by atoms with Crippen LogP contribution in [0.3, 0.4) is 0 Å². The molecule has 0 aliphatic carbocycles. The summed E-state index contributed by atoms with van der Waals surface area (Å²) in [6.07, 6.45) is 2.55. The smallest absolute Gasteiger partial charge is 0.0247 e. The molecule has 0 spiro atoms. The Hall–Kier alpha value is -0.0800. The SMILES string of the molecule is CCC(CC)N1CC(C(C)(C)C)NCC1C(C)C. The molecule has 1 fully saturated rings. The molecule has 1 aliphatic heterocycles. The predicted molar refractivity (Wildman–Crippen MR) is 80.9 cm³/mol. The van der Waals surface area contributed by atoms with Gasteiger partial charge in [-0.15, -0.1) is 0 Å². The zero-order valence-corrected chi connectivity index (χ0v) is 13.6. The first-order valence-corrected chi connectivity index (χ1v) is 7.80. The Morgan fingerprint density at radius 3 is 2.11 bits per heavy atom. The second-order valence-electron chi connectivity index (χ2n) is 7.31. The number of nitrogens with zero attached hydrogens (tertiary/aromatic N) is 1. The quantitative estimate of drug-likeness (QED) is 0.826. The number of rotatable bonds is 4. The third kappa shape index (κ3) is 3.71. The van der Waals surface area contributed by atoms with E-state index in [1.165, 1.54) is 19.4 Å². The third-order valence-electron chi connectivity index (χ3n) is 4.62. The Balaban J connectivity index is 2.82. The van der Waals surface area contributed by atoms with Crippen LogP contribution in [0.5, 0.6) is 0 Å². The predicted octanol–water partition coefficient (Wildman–Crippen LogP) is 3.52. The van der Waals surface area contributed by atoms with Crippen molar-refractivity contribution < 1.29 is 0 Å². The molecule has 108 valence electrons. The average Bonchev–Trinajstić information content (AvgIpc) is 2.29. The summed E-state index contributed by atoms with van der Waals surface area (Å²) in [5.41, 5.74) is 0.353. The molecule has 2 heteroatoms. The van der Waals surface area contributed by atoms with Gasteiger partial charge in [0.05, 0.1) is 0 Å². The summed E-state index contributed by atoms with van der Waals surface area (Å²) in [6, 6.07) is 2.07. The lowest BCUT2D eigenvalue weighted by Crippen LogP contribution is -2.63. The topological polar surface area (TPSA) is 15.3 Å². The summed E-state index contributed by atoms with van der Waals surface area (Å²) in [5, 5.41) is 3.78. The molecule has 1 N–H and O–H groups in total. The number of piperazine rings is 1. The van der Waals surface area contributed by atoms with Crippen LogP contribution in [0, 0.1) is 11.3 Å². The molecule has 0 aromatic rings. The van der Waals surface area contributed by atoms with Gasteiger partial charge in [-0.3, -0.25) is 4.90 Å². The van der Waals surface area contributed by atoms with E-state index in [-0.39, 0.29) is 0 Å². The maximum Gasteiger partial charge on any atom is 0.0247 e. The molecule has 2 nitrogen and oxygen atoms in total. The Morgan fingerprint density at radius 2 is 1.72 bits per heavy atom. The van der Waals surface area contributed by atoms with E-state index >= 15 is 0 Å². The van der Waals surface area contributed by atoms with E-state index in [9.17, 15) is 0 Å². The fourth-order valence-electron chi connectivity index (χ4n) is 3.17. The van der Waals surface area contributed by atoms with Crippen LogP contribution in [-0.4, -0.2) is 36.1 Å². The summed E-state index contributed by atoms with van der Waals surface area (Å²) in [7, 11) is 0. The summed E-state index contributed by atoms with van der Waals surface area (Å²) in [5.74, 6) is 0.735. The summed E-state index contributed by atoms with van der Waals surface area (Å²) in [4.78, 5) is 2.79. The van der Waals surface area contributed by atoms with Crippen LogP contribution in [0.2, 0.25) is 0 Å². The van der Waals surface area contributed by atoms with Crippen LogP contribution in [0.1, 0.15) is 61.3 Å². The highest BCUT2D eigenvalue weighted by atomic mass is 15.3. The molecule has 0 radical (unpaired) electrons. The molecule has 1 aliphatic rings. The van der Waals surface area contributed by atoms with Crippen LogP contribution < -0.4 is 5.32 Å². The van der Waals surface area contributed by atoms with Gasteiger partial charge < -0.3 is 5.32 Å². The second-order valence-corrected chi connectivity index (χ2v) is 7.31. The maximum atomic E-state index is 3.78. The minimum atomic E-state index is 0.353. The monoisotopic (exact) mass is 254 g/mol. The van der Waals surface area contributed by atoms with Crippen molar-refractivity contribution in [3.63, 3.8) is 0 Å². The van der Waals surface area contributed by atoms with Gasteiger partial charge in [-0.1, -0.05) is 48.5 Å². The number of hydrogen-bond acceptors (Lipinski definition) is 2. The molecule has 2 unspecified atom stereocenters.